The molecule has 0 amide bonds. The van der Waals surface area contributed by atoms with Gasteiger partial charge < -0.3 is 9.67 Å². The minimum absolute atomic E-state index is 0.0715. The van der Waals surface area contributed by atoms with E-state index in [-0.39, 0.29) is 12.3 Å². The fraction of sp³-hybridized carbons (Fsp3) is 0.167. The number of nitrogens with zero attached hydrogens (tertiary/aromatic N) is 3. The third kappa shape index (κ3) is 4.26. The molecule has 1 aromatic heterocycles. The molecule has 7 heteroatoms. The number of rotatable bonds is 7. The van der Waals surface area contributed by atoms with Crippen molar-refractivity contribution in [2.75, 3.05) is 0 Å². The maximum absolute atomic E-state index is 10.7. The quantitative estimate of drug-likeness (QED) is 0.398. The minimum atomic E-state index is -0.406. The van der Waals surface area contributed by atoms with Crippen LogP contribution in [-0.4, -0.2) is 19.6 Å². The van der Waals surface area contributed by atoms with E-state index in [4.69, 9.17) is 0 Å². The van der Waals surface area contributed by atoms with E-state index >= 15 is 0 Å². The van der Waals surface area contributed by atoms with Crippen molar-refractivity contribution >= 4 is 17.4 Å². The van der Waals surface area contributed by atoms with Gasteiger partial charge in [0, 0.05) is 24.4 Å². The maximum atomic E-state index is 10.7. The zero-order valence-corrected chi connectivity index (χ0v) is 14.2. The highest BCUT2D eigenvalue weighted by atomic mass is 32.2. The summed E-state index contributed by atoms with van der Waals surface area (Å²) in [6.07, 6.45) is 1.68. The van der Waals surface area contributed by atoms with E-state index in [0.29, 0.717) is 12.3 Å². The Labute approximate surface area is 149 Å². The monoisotopic (exact) mass is 355 g/mol. The predicted octanol–water partition coefficient (Wildman–Crippen LogP) is 3.62. The van der Waals surface area contributed by atoms with Gasteiger partial charge in [-0.3, -0.25) is 10.1 Å². The summed E-state index contributed by atoms with van der Waals surface area (Å²) in [5.41, 5.74) is 2.96. The van der Waals surface area contributed by atoms with Gasteiger partial charge in [-0.05, 0) is 11.1 Å². The van der Waals surface area contributed by atoms with Crippen LogP contribution >= 0.6 is 11.8 Å². The Kier molecular flexibility index (Phi) is 5.47. The van der Waals surface area contributed by atoms with Crippen LogP contribution in [0.4, 0.5) is 5.69 Å². The van der Waals surface area contributed by atoms with E-state index in [1.807, 2.05) is 34.9 Å². The highest BCUT2D eigenvalue weighted by molar-refractivity contribution is 7.98. The van der Waals surface area contributed by atoms with Crippen molar-refractivity contribution < 1.29 is 10.0 Å². The Morgan fingerprint density at radius 3 is 2.44 bits per heavy atom. The minimum Gasteiger partial charge on any atom is -0.390 e. The Morgan fingerprint density at radius 2 is 1.80 bits per heavy atom. The molecule has 25 heavy (non-hydrogen) atoms. The molecule has 0 radical (unpaired) electrons. The molecule has 0 saturated heterocycles. The maximum Gasteiger partial charge on any atom is 0.269 e. The molecular weight excluding hydrogens is 338 g/mol. The molecule has 0 spiro atoms. The molecule has 0 saturated carbocycles. The molecule has 3 aromatic rings. The number of aliphatic hydroxyl groups excluding tert-OH is 1. The second-order valence-corrected chi connectivity index (χ2v) is 6.42. The van der Waals surface area contributed by atoms with Crippen LogP contribution in [0.3, 0.4) is 0 Å². The molecule has 0 aliphatic carbocycles. The molecule has 1 heterocycles. The molecule has 0 aliphatic heterocycles. The summed E-state index contributed by atoms with van der Waals surface area (Å²) in [7, 11) is 0. The molecule has 3 rings (SSSR count). The van der Waals surface area contributed by atoms with Crippen LogP contribution in [0.5, 0.6) is 0 Å². The molecule has 1 N–H and O–H groups in total. The second-order valence-electron chi connectivity index (χ2n) is 5.47. The summed E-state index contributed by atoms with van der Waals surface area (Å²) in [6, 6.07) is 16.5. The highest BCUT2D eigenvalue weighted by Gasteiger charge is 2.11. The van der Waals surface area contributed by atoms with Gasteiger partial charge in [0.05, 0.1) is 23.4 Å². The lowest BCUT2D eigenvalue weighted by Gasteiger charge is -2.11. The number of hydrogen-bond acceptors (Lipinski definition) is 5. The Bertz CT molecular complexity index is 848. The van der Waals surface area contributed by atoms with Crippen molar-refractivity contribution in [3.8, 4) is 0 Å². The molecule has 2 aromatic carbocycles. The molecule has 0 fully saturated rings. The smallest absolute Gasteiger partial charge is 0.269 e. The first-order chi connectivity index (χ1) is 12.2. The van der Waals surface area contributed by atoms with Gasteiger partial charge >= 0.3 is 0 Å². The van der Waals surface area contributed by atoms with Gasteiger partial charge in [0.2, 0.25) is 0 Å². The zero-order chi connectivity index (χ0) is 17.6. The van der Waals surface area contributed by atoms with Gasteiger partial charge in [-0.15, -0.1) is 0 Å². The normalized spacial score (nSPS) is 10.8. The zero-order valence-electron chi connectivity index (χ0n) is 13.4. The molecular formula is C18H17N3O3S. The van der Waals surface area contributed by atoms with Crippen molar-refractivity contribution in [1.82, 2.24) is 9.55 Å². The Morgan fingerprint density at radius 1 is 1.08 bits per heavy atom. The fourth-order valence-corrected chi connectivity index (χ4v) is 3.38. The van der Waals surface area contributed by atoms with Gasteiger partial charge in [-0.25, -0.2) is 4.98 Å². The van der Waals surface area contributed by atoms with E-state index in [9.17, 15) is 15.2 Å². The van der Waals surface area contributed by atoms with E-state index in [1.165, 1.54) is 12.1 Å². The molecule has 0 aliphatic rings. The number of non-ortho nitro benzene ring substituents is 1. The van der Waals surface area contributed by atoms with Crippen molar-refractivity contribution in [3.05, 3.63) is 87.7 Å². The molecule has 0 unspecified atom stereocenters. The summed E-state index contributed by atoms with van der Waals surface area (Å²) in [5, 5.41) is 21.1. The number of imidazole rings is 1. The summed E-state index contributed by atoms with van der Waals surface area (Å²) >= 11 is 1.54. The first-order valence-electron chi connectivity index (χ1n) is 7.72. The first kappa shape index (κ1) is 17.2. The molecule has 0 bridgehead atoms. The highest BCUT2D eigenvalue weighted by Crippen LogP contribution is 2.25. The Balaban J connectivity index is 1.74. The van der Waals surface area contributed by atoms with Crippen LogP contribution in [-0.2, 0) is 18.9 Å². The second kappa shape index (κ2) is 7.96. The standard InChI is InChI=1S/C18H17N3O3S/c22-12-17-10-19-18(20(17)11-14-4-2-1-3-5-14)25-13-15-6-8-16(9-7-15)21(23)24/h1-10,22H,11-13H2. The van der Waals surface area contributed by atoms with Crippen LogP contribution < -0.4 is 0 Å². The largest absolute Gasteiger partial charge is 0.390 e. The van der Waals surface area contributed by atoms with E-state index < -0.39 is 4.92 Å². The van der Waals surface area contributed by atoms with Crippen LogP contribution in [0.1, 0.15) is 16.8 Å². The van der Waals surface area contributed by atoms with E-state index in [2.05, 4.69) is 4.98 Å². The van der Waals surface area contributed by atoms with Crippen molar-refractivity contribution in [1.29, 1.82) is 0 Å². The lowest BCUT2D eigenvalue weighted by atomic mass is 10.2. The van der Waals surface area contributed by atoms with Gasteiger partial charge in [-0.2, -0.15) is 0 Å². The topological polar surface area (TPSA) is 81.2 Å². The van der Waals surface area contributed by atoms with Gasteiger partial charge in [0.15, 0.2) is 5.16 Å². The predicted molar refractivity (Wildman–Crippen MR) is 96.4 cm³/mol. The lowest BCUT2D eigenvalue weighted by molar-refractivity contribution is -0.384. The number of aromatic nitrogens is 2. The first-order valence-corrected chi connectivity index (χ1v) is 8.71. The third-order valence-corrected chi connectivity index (χ3v) is 4.82. The van der Waals surface area contributed by atoms with Crippen molar-refractivity contribution in [2.24, 2.45) is 0 Å². The van der Waals surface area contributed by atoms with Crippen LogP contribution in [0.2, 0.25) is 0 Å². The van der Waals surface area contributed by atoms with Crippen molar-refractivity contribution in [3.63, 3.8) is 0 Å². The van der Waals surface area contributed by atoms with E-state index in [0.717, 1.165) is 22.0 Å². The third-order valence-electron chi connectivity index (χ3n) is 3.76. The SMILES string of the molecule is O=[N+]([O-])c1ccc(CSc2ncc(CO)n2Cc2ccccc2)cc1. The number of nitro groups is 1. The summed E-state index contributed by atoms with van der Waals surface area (Å²) in [4.78, 5) is 14.7. The van der Waals surface area contributed by atoms with Crippen LogP contribution in [0.25, 0.3) is 0 Å². The Hall–Kier alpha value is -2.64. The fourth-order valence-electron chi connectivity index (χ4n) is 2.43. The van der Waals surface area contributed by atoms with Gasteiger partial charge in [0.25, 0.3) is 5.69 Å². The summed E-state index contributed by atoms with van der Waals surface area (Å²) < 4.78 is 1.99. The number of nitro benzene ring substituents is 1. The molecule has 128 valence electrons. The summed E-state index contributed by atoms with van der Waals surface area (Å²) in [5.74, 6) is 0.647. The molecule has 6 nitrogen and oxygen atoms in total. The number of thioether (sulfide) groups is 1. The number of aliphatic hydroxyl groups is 1. The van der Waals surface area contributed by atoms with Crippen LogP contribution in [0.15, 0.2) is 66.0 Å². The lowest BCUT2D eigenvalue weighted by Crippen LogP contribution is -2.06. The van der Waals surface area contributed by atoms with Gasteiger partial charge in [-0.1, -0.05) is 54.2 Å². The summed E-state index contributed by atoms with van der Waals surface area (Å²) in [6.45, 7) is 0.567. The van der Waals surface area contributed by atoms with Gasteiger partial charge in [0.1, 0.15) is 0 Å². The molecule has 0 atom stereocenters. The van der Waals surface area contributed by atoms with Crippen LogP contribution in [0, 0.1) is 10.1 Å². The number of hydrogen-bond donors (Lipinski definition) is 1. The van der Waals surface area contributed by atoms with Crippen molar-refractivity contribution in [2.45, 2.75) is 24.1 Å². The average Bonchev–Trinajstić information content (AvgIpc) is 3.03. The van der Waals surface area contributed by atoms with E-state index in [1.54, 1.807) is 30.1 Å². The number of benzene rings is 2. The average molecular weight is 355 g/mol.